The molecule has 7 rings (SSSR count). The second-order valence-electron chi connectivity index (χ2n) is 11.6. The van der Waals surface area contributed by atoms with Gasteiger partial charge in [-0.15, -0.1) is 0 Å². The fourth-order valence-corrected chi connectivity index (χ4v) is 6.04. The average Bonchev–Trinajstić information content (AvgIpc) is 3.56. The third kappa shape index (κ3) is 6.35. The zero-order valence-electron chi connectivity index (χ0n) is 27.4. The molecule has 250 valence electrons. The van der Waals surface area contributed by atoms with Crippen LogP contribution in [0.3, 0.4) is 0 Å². The summed E-state index contributed by atoms with van der Waals surface area (Å²) in [7, 11) is 3.26. The molecule has 3 aromatic heterocycles. The third-order valence-electron chi connectivity index (χ3n) is 8.53. The molecule has 7 aromatic rings. The second-order valence-corrected chi connectivity index (χ2v) is 11.6. The highest BCUT2D eigenvalue weighted by Crippen LogP contribution is 2.42. The number of aromatic nitrogens is 5. The van der Waals surface area contributed by atoms with Crippen LogP contribution in [-0.4, -0.2) is 62.4 Å². The minimum Gasteiger partial charge on any atom is -0.497 e. The monoisotopic (exact) mass is 666 g/mol. The standard InChI is InChI=1S/C39H34N6O5/c1-48-31-17-13-28(14-18-31)39(27-11-7-4-8-12-27,29-15-19-32(49-2)20-16-29)50-23-30(46)22-45-25-42-34-21-33-35(43-37(34)45)40-24-41-36(33)44-38(47)26-9-5-3-6-10-26/h3-21,24-25,30,46H,22-23H2,1-2H3,(H,40,41,43,44,47)/t30-/m0/s1. The lowest BCUT2D eigenvalue weighted by atomic mass is 9.80. The van der Waals surface area contributed by atoms with E-state index < -0.39 is 11.7 Å². The smallest absolute Gasteiger partial charge is 0.256 e. The number of nitrogens with one attached hydrogen (secondary N) is 1. The van der Waals surface area contributed by atoms with Crippen molar-refractivity contribution in [3.8, 4) is 11.5 Å². The zero-order valence-corrected chi connectivity index (χ0v) is 27.4. The molecule has 4 aromatic carbocycles. The van der Waals surface area contributed by atoms with Crippen molar-refractivity contribution < 1.29 is 24.1 Å². The van der Waals surface area contributed by atoms with Gasteiger partial charge in [-0.2, -0.15) is 0 Å². The summed E-state index contributed by atoms with van der Waals surface area (Å²) < 4.78 is 19.5. The van der Waals surface area contributed by atoms with Crippen molar-refractivity contribution in [1.29, 1.82) is 0 Å². The van der Waals surface area contributed by atoms with Crippen LogP contribution in [0, 0.1) is 0 Å². The second kappa shape index (κ2) is 14.1. The number of rotatable bonds is 12. The molecule has 0 bridgehead atoms. The van der Waals surface area contributed by atoms with Gasteiger partial charge in [-0.25, -0.2) is 19.9 Å². The Hall–Kier alpha value is -6.17. The van der Waals surface area contributed by atoms with Gasteiger partial charge >= 0.3 is 0 Å². The van der Waals surface area contributed by atoms with Crippen molar-refractivity contribution in [1.82, 2.24) is 24.5 Å². The largest absolute Gasteiger partial charge is 0.497 e. The van der Waals surface area contributed by atoms with Gasteiger partial charge in [-0.05, 0) is 59.2 Å². The van der Waals surface area contributed by atoms with Crippen molar-refractivity contribution in [2.75, 3.05) is 26.1 Å². The Bertz CT molecular complexity index is 2180. The molecule has 0 radical (unpaired) electrons. The molecule has 0 unspecified atom stereocenters. The van der Waals surface area contributed by atoms with Crippen molar-refractivity contribution in [3.63, 3.8) is 0 Å². The molecular formula is C39H34N6O5. The molecule has 1 atom stereocenters. The number of amides is 1. The average molecular weight is 667 g/mol. The van der Waals surface area contributed by atoms with Gasteiger partial charge in [0.15, 0.2) is 11.3 Å². The summed E-state index contributed by atoms with van der Waals surface area (Å²) in [5.41, 5.74) is 3.49. The Kier molecular flexibility index (Phi) is 9.15. The summed E-state index contributed by atoms with van der Waals surface area (Å²) in [6.45, 7) is 0.117. The molecule has 0 aliphatic heterocycles. The van der Waals surface area contributed by atoms with Crippen molar-refractivity contribution in [2.45, 2.75) is 18.2 Å². The van der Waals surface area contributed by atoms with Gasteiger partial charge in [-0.1, -0.05) is 72.8 Å². The number of pyridine rings is 1. The maximum atomic E-state index is 12.8. The Morgan fingerprint density at radius 3 is 2.02 bits per heavy atom. The molecule has 0 saturated carbocycles. The van der Waals surface area contributed by atoms with Crippen LogP contribution in [0.15, 0.2) is 128 Å². The Morgan fingerprint density at radius 1 is 0.800 bits per heavy atom. The van der Waals surface area contributed by atoms with E-state index in [1.807, 2.05) is 84.9 Å². The number of anilines is 1. The number of nitrogens with zero attached hydrogens (tertiary/aromatic N) is 5. The van der Waals surface area contributed by atoms with Crippen molar-refractivity contribution >= 4 is 33.9 Å². The van der Waals surface area contributed by atoms with Gasteiger partial charge < -0.3 is 29.2 Å². The summed E-state index contributed by atoms with van der Waals surface area (Å²) in [4.78, 5) is 30.8. The van der Waals surface area contributed by atoms with E-state index in [9.17, 15) is 9.90 Å². The molecule has 0 fully saturated rings. The first-order valence-electron chi connectivity index (χ1n) is 16.0. The van der Waals surface area contributed by atoms with Gasteiger partial charge in [0, 0.05) is 5.56 Å². The van der Waals surface area contributed by atoms with Crippen LogP contribution in [0.4, 0.5) is 5.82 Å². The van der Waals surface area contributed by atoms with Gasteiger partial charge in [0.2, 0.25) is 0 Å². The number of hydrogen-bond donors (Lipinski definition) is 2. The number of benzene rings is 4. The van der Waals surface area contributed by atoms with Gasteiger partial charge in [0.25, 0.3) is 5.91 Å². The molecule has 2 N–H and O–H groups in total. The van der Waals surface area contributed by atoms with Crippen LogP contribution in [0.1, 0.15) is 27.0 Å². The molecule has 1 amide bonds. The van der Waals surface area contributed by atoms with E-state index in [1.54, 1.807) is 55.4 Å². The Labute approximate surface area is 288 Å². The molecule has 0 aliphatic rings. The molecule has 50 heavy (non-hydrogen) atoms. The highest BCUT2D eigenvalue weighted by atomic mass is 16.5. The van der Waals surface area contributed by atoms with Crippen LogP contribution < -0.4 is 14.8 Å². The predicted octanol–water partition coefficient (Wildman–Crippen LogP) is 6.01. The van der Waals surface area contributed by atoms with Crippen LogP contribution in [0.25, 0.3) is 22.2 Å². The van der Waals surface area contributed by atoms with Crippen molar-refractivity contribution in [3.05, 3.63) is 150 Å². The molecule has 11 nitrogen and oxygen atoms in total. The fraction of sp³-hybridized carbons (Fsp3) is 0.154. The highest BCUT2D eigenvalue weighted by molar-refractivity contribution is 6.08. The Balaban J connectivity index is 1.18. The number of aliphatic hydroxyl groups is 1. The summed E-state index contributed by atoms with van der Waals surface area (Å²) >= 11 is 0. The van der Waals surface area contributed by atoms with Gasteiger partial charge in [0.1, 0.15) is 34.8 Å². The number of imidazole rings is 1. The van der Waals surface area contributed by atoms with E-state index in [1.165, 1.54) is 6.33 Å². The molecular weight excluding hydrogens is 632 g/mol. The summed E-state index contributed by atoms with van der Waals surface area (Å²) in [6.07, 6.45) is 2.02. The van der Waals surface area contributed by atoms with Crippen molar-refractivity contribution in [2.24, 2.45) is 0 Å². The molecule has 3 heterocycles. The van der Waals surface area contributed by atoms with Crippen LogP contribution in [-0.2, 0) is 16.9 Å². The molecule has 0 aliphatic carbocycles. The Morgan fingerprint density at radius 2 is 1.40 bits per heavy atom. The number of carbonyl (C=O) groups is 1. The maximum Gasteiger partial charge on any atom is 0.256 e. The number of hydrogen-bond acceptors (Lipinski definition) is 9. The van der Waals surface area contributed by atoms with E-state index in [4.69, 9.17) is 19.2 Å². The SMILES string of the molecule is COc1ccc(C(OC[C@@H](O)Cn2cnc3cc4c(NC(=O)c5ccccc5)ncnc4nc32)(c2ccccc2)c2ccc(OC)cc2)cc1. The topological polar surface area (TPSA) is 134 Å². The lowest BCUT2D eigenvalue weighted by Crippen LogP contribution is -2.36. The predicted molar refractivity (Wildman–Crippen MR) is 189 cm³/mol. The fourth-order valence-electron chi connectivity index (χ4n) is 6.04. The first kappa shape index (κ1) is 32.4. The van der Waals surface area contributed by atoms with E-state index in [2.05, 4.69) is 20.3 Å². The van der Waals surface area contributed by atoms with E-state index in [0.717, 1.165) is 16.7 Å². The van der Waals surface area contributed by atoms with Crippen LogP contribution >= 0.6 is 0 Å². The maximum absolute atomic E-state index is 12.8. The van der Waals surface area contributed by atoms with E-state index >= 15 is 0 Å². The van der Waals surface area contributed by atoms with E-state index in [0.29, 0.717) is 45.1 Å². The normalized spacial score (nSPS) is 12.1. The zero-order chi connectivity index (χ0) is 34.5. The quantitative estimate of drug-likeness (QED) is 0.150. The summed E-state index contributed by atoms with van der Waals surface area (Å²) in [6, 6.07) is 36.0. The molecule has 11 heteroatoms. The van der Waals surface area contributed by atoms with E-state index in [-0.39, 0.29) is 19.1 Å². The lowest BCUT2D eigenvalue weighted by molar-refractivity contribution is -0.0421. The minimum atomic E-state index is -1.08. The number of aliphatic hydroxyl groups excluding tert-OH is 1. The number of methoxy groups -OCH3 is 2. The van der Waals surface area contributed by atoms with Gasteiger partial charge in [0.05, 0.1) is 45.2 Å². The molecule has 0 spiro atoms. The minimum absolute atomic E-state index is 0.0297. The number of ether oxygens (including phenoxy) is 3. The first-order chi connectivity index (χ1) is 24.5. The summed E-state index contributed by atoms with van der Waals surface area (Å²) in [5.74, 6) is 1.47. The molecule has 0 saturated heterocycles. The van der Waals surface area contributed by atoms with Crippen LogP contribution in [0.5, 0.6) is 11.5 Å². The third-order valence-corrected chi connectivity index (χ3v) is 8.53. The lowest BCUT2D eigenvalue weighted by Gasteiger charge is -2.36. The first-order valence-corrected chi connectivity index (χ1v) is 16.0. The van der Waals surface area contributed by atoms with Crippen LogP contribution in [0.2, 0.25) is 0 Å². The summed E-state index contributed by atoms with van der Waals surface area (Å²) in [5, 5.41) is 14.9. The van der Waals surface area contributed by atoms with Gasteiger partial charge in [-0.3, -0.25) is 4.79 Å². The number of carbonyl (C=O) groups excluding carboxylic acids is 1. The number of fused-ring (bicyclic) bond motifs is 2. The highest BCUT2D eigenvalue weighted by Gasteiger charge is 2.38.